The third-order valence-corrected chi connectivity index (χ3v) is 14.0. The van der Waals surface area contributed by atoms with E-state index in [0.717, 1.165) is 11.4 Å². The van der Waals surface area contributed by atoms with E-state index in [-0.39, 0.29) is 16.7 Å². The highest BCUT2D eigenvalue weighted by Gasteiger charge is 2.60. The summed E-state index contributed by atoms with van der Waals surface area (Å²) >= 11 is 3.78. The predicted octanol–water partition coefficient (Wildman–Crippen LogP) is 13.4. The van der Waals surface area contributed by atoms with Crippen LogP contribution in [0.5, 0.6) is 0 Å². The maximum Gasteiger partial charge on any atom is 0.0550 e. The molecule has 51 heavy (non-hydrogen) atoms. The molecule has 1 aromatic heterocycles. The van der Waals surface area contributed by atoms with Gasteiger partial charge in [-0.05, 0) is 81.1 Å². The fourth-order valence-corrected chi connectivity index (χ4v) is 11.9. The van der Waals surface area contributed by atoms with Crippen molar-refractivity contribution >= 4 is 65.4 Å². The quantitative estimate of drug-likeness (QED) is 0.198. The molecule has 242 valence electrons. The van der Waals surface area contributed by atoms with Crippen molar-refractivity contribution in [1.82, 2.24) is 0 Å². The average molecular weight is 688 g/mol. The van der Waals surface area contributed by atoms with E-state index in [0.29, 0.717) is 0 Å². The van der Waals surface area contributed by atoms with E-state index in [9.17, 15) is 0 Å². The van der Waals surface area contributed by atoms with E-state index >= 15 is 0 Å². The second-order valence-corrected chi connectivity index (χ2v) is 16.4. The lowest BCUT2D eigenvalue weighted by atomic mass is 9.59. The zero-order valence-electron chi connectivity index (χ0n) is 28.1. The molecule has 3 heteroatoms. The molecule has 0 bridgehead atoms. The Kier molecular flexibility index (Phi) is 6.24. The van der Waals surface area contributed by atoms with Crippen LogP contribution in [0.15, 0.2) is 180 Å². The number of thiophene rings is 1. The Hall–Kier alpha value is -5.35. The highest BCUT2D eigenvalue weighted by atomic mass is 32.2. The number of nitrogens with one attached hydrogen (secondary N) is 1. The molecular formula is C48H33NS2. The first kappa shape index (κ1) is 29.4. The lowest BCUT2D eigenvalue weighted by Crippen LogP contribution is -2.42. The fourth-order valence-electron chi connectivity index (χ4n) is 9.61. The van der Waals surface area contributed by atoms with Crippen molar-refractivity contribution < 1.29 is 0 Å². The minimum absolute atomic E-state index is 0.123. The van der Waals surface area contributed by atoms with Crippen LogP contribution >= 0.6 is 23.1 Å². The molecule has 0 radical (unpaired) electrons. The van der Waals surface area contributed by atoms with Crippen LogP contribution in [0.1, 0.15) is 29.2 Å². The lowest BCUT2D eigenvalue weighted by molar-refractivity contribution is 0.358. The van der Waals surface area contributed by atoms with E-state index in [1.807, 2.05) is 23.1 Å². The summed E-state index contributed by atoms with van der Waals surface area (Å²) in [5.74, 6) is 0.234. The molecule has 0 amide bonds. The van der Waals surface area contributed by atoms with Crippen LogP contribution in [0.3, 0.4) is 0 Å². The maximum atomic E-state index is 3.99. The average Bonchev–Trinajstić information content (AvgIpc) is 3.67. The molecule has 3 aliphatic rings. The van der Waals surface area contributed by atoms with Gasteiger partial charge in [0.1, 0.15) is 0 Å². The van der Waals surface area contributed by atoms with Crippen molar-refractivity contribution in [3.05, 3.63) is 192 Å². The van der Waals surface area contributed by atoms with Crippen molar-refractivity contribution in [2.24, 2.45) is 5.92 Å². The van der Waals surface area contributed by atoms with E-state index in [1.54, 1.807) is 0 Å². The van der Waals surface area contributed by atoms with Crippen LogP contribution in [0.4, 0.5) is 11.4 Å². The van der Waals surface area contributed by atoms with Crippen molar-refractivity contribution in [2.45, 2.75) is 27.5 Å². The number of fused-ring (bicyclic) bond motifs is 13. The van der Waals surface area contributed by atoms with Crippen molar-refractivity contribution in [3.8, 4) is 11.1 Å². The molecular weight excluding hydrogens is 655 g/mol. The molecule has 2 aliphatic carbocycles. The highest BCUT2D eigenvalue weighted by Crippen LogP contribution is 2.66. The standard InChI is InChI=1S/C48H33NS2/c1-47-28-11-10-23-44(47)48(35-17-6-5-16-34(35)47)36-18-7-9-21-41(36)51-42-27-25-31(29-37(42)48)45-32-14-3-2-13-30(32)24-26-39(45)49-38-19-12-22-43-46(38)33-15-4-8-20-40(33)50-43/h2-29,44,49H,1H3. The van der Waals surface area contributed by atoms with Crippen molar-refractivity contribution in [3.63, 3.8) is 0 Å². The third-order valence-electron chi connectivity index (χ3n) is 11.7. The summed E-state index contributed by atoms with van der Waals surface area (Å²) < 4.78 is 2.61. The first-order valence-electron chi connectivity index (χ1n) is 17.7. The zero-order chi connectivity index (χ0) is 33.7. The summed E-state index contributed by atoms with van der Waals surface area (Å²) in [7, 11) is 0. The Balaban J connectivity index is 1.18. The summed E-state index contributed by atoms with van der Waals surface area (Å²) in [4.78, 5) is 2.69. The Morgan fingerprint density at radius 3 is 2.24 bits per heavy atom. The smallest absolute Gasteiger partial charge is 0.0550 e. The van der Waals surface area contributed by atoms with Crippen LogP contribution in [-0.2, 0) is 10.8 Å². The van der Waals surface area contributed by atoms with Gasteiger partial charge in [-0.1, -0.05) is 146 Å². The topological polar surface area (TPSA) is 12.0 Å². The minimum atomic E-state index is -0.334. The van der Waals surface area contributed by atoms with E-state index < -0.39 is 0 Å². The number of anilines is 2. The van der Waals surface area contributed by atoms with E-state index in [1.165, 1.54) is 74.1 Å². The fraction of sp³-hybridized carbons (Fsp3) is 0.0833. The summed E-state index contributed by atoms with van der Waals surface area (Å²) in [6.07, 6.45) is 9.45. The third kappa shape index (κ3) is 3.99. The van der Waals surface area contributed by atoms with Gasteiger partial charge in [-0.2, -0.15) is 0 Å². The molecule has 1 aliphatic heterocycles. The molecule has 0 fully saturated rings. The van der Waals surface area contributed by atoms with Crippen LogP contribution in [-0.4, -0.2) is 0 Å². The van der Waals surface area contributed by atoms with Gasteiger partial charge in [0.25, 0.3) is 0 Å². The molecule has 8 aromatic rings. The van der Waals surface area contributed by atoms with E-state index in [2.05, 4.69) is 182 Å². The normalized spacial score (nSPS) is 21.2. The number of allylic oxidation sites excluding steroid dienone is 4. The monoisotopic (exact) mass is 687 g/mol. The second-order valence-electron chi connectivity index (χ2n) is 14.3. The molecule has 1 spiro atoms. The van der Waals surface area contributed by atoms with Gasteiger partial charge in [0.2, 0.25) is 0 Å². The Morgan fingerprint density at radius 1 is 0.569 bits per heavy atom. The lowest BCUT2D eigenvalue weighted by Gasteiger charge is -2.45. The summed E-state index contributed by atoms with van der Waals surface area (Å²) in [5, 5.41) is 9.06. The minimum Gasteiger partial charge on any atom is -0.354 e. The van der Waals surface area contributed by atoms with Crippen molar-refractivity contribution in [1.29, 1.82) is 0 Å². The molecule has 1 N–H and O–H groups in total. The van der Waals surface area contributed by atoms with Gasteiger partial charge in [0.15, 0.2) is 0 Å². The Labute approximate surface area is 306 Å². The van der Waals surface area contributed by atoms with Crippen LogP contribution in [0.25, 0.3) is 42.1 Å². The largest absolute Gasteiger partial charge is 0.354 e. The van der Waals surface area contributed by atoms with Crippen LogP contribution < -0.4 is 5.32 Å². The first-order chi connectivity index (χ1) is 25.1. The number of hydrogen-bond acceptors (Lipinski definition) is 3. The van der Waals surface area contributed by atoms with Gasteiger partial charge >= 0.3 is 0 Å². The maximum absolute atomic E-state index is 3.99. The van der Waals surface area contributed by atoms with Crippen molar-refractivity contribution in [2.75, 3.05) is 5.32 Å². The molecule has 1 nitrogen and oxygen atoms in total. The molecule has 3 unspecified atom stereocenters. The summed E-state index contributed by atoms with van der Waals surface area (Å²) in [6, 6.07) is 54.5. The van der Waals surface area contributed by atoms with Gasteiger partial charge in [0.05, 0.1) is 5.41 Å². The molecule has 3 atom stereocenters. The number of hydrogen-bond donors (Lipinski definition) is 1. The first-order valence-corrected chi connectivity index (χ1v) is 19.4. The highest BCUT2D eigenvalue weighted by molar-refractivity contribution is 7.99. The summed E-state index contributed by atoms with van der Waals surface area (Å²) in [6.45, 7) is 2.45. The Bertz CT molecular complexity index is 2800. The second kappa shape index (κ2) is 10.8. The van der Waals surface area contributed by atoms with Gasteiger partial charge in [-0.3, -0.25) is 0 Å². The number of benzene rings is 7. The van der Waals surface area contributed by atoms with Gasteiger partial charge in [-0.25, -0.2) is 0 Å². The van der Waals surface area contributed by atoms with E-state index in [4.69, 9.17) is 0 Å². The molecule has 0 saturated heterocycles. The van der Waals surface area contributed by atoms with Gasteiger partial charge < -0.3 is 5.32 Å². The van der Waals surface area contributed by atoms with Gasteiger partial charge in [-0.15, -0.1) is 11.3 Å². The molecule has 0 saturated carbocycles. The molecule has 11 rings (SSSR count). The zero-order valence-corrected chi connectivity index (χ0v) is 29.7. The number of rotatable bonds is 3. The summed E-state index contributed by atoms with van der Waals surface area (Å²) in [5.41, 5.74) is 9.93. The molecule has 2 heterocycles. The van der Waals surface area contributed by atoms with Crippen LogP contribution in [0, 0.1) is 5.92 Å². The van der Waals surface area contributed by atoms with Gasteiger partial charge in [0, 0.05) is 58.2 Å². The van der Waals surface area contributed by atoms with Crippen LogP contribution in [0.2, 0.25) is 0 Å². The molecule has 7 aromatic carbocycles. The predicted molar refractivity (Wildman–Crippen MR) is 218 cm³/mol. The Morgan fingerprint density at radius 2 is 1.31 bits per heavy atom. The SMILES string of the molecule is CC12C=CC=CC1C1(c3ccccc3Sc3ccc(-c4c(Nc5cccc6sc7ccccc7c56)ccc5ccccc45)cc31)c1ccccc12.